The molecule has 0 fully saturated rings. The predicted molar refractivity (Wildman–Crippen MR) is 113 cm³/mol. The molecule has 0 atom stereocenters. The van der Waals surface area contributed by atoms with Gasteiger partial charge in [0.2, 0.25) is 11.8 Å². The molecule has 7 heteroatoms. The predicted octanol–water partition coefficient (Wildman–Crippen LogP) is 3.47. The van der Waals surface area contributed by atoms with E-state index in [0.29, 0.717) is 18.1 Å². The maximum atomic E-state index is 12.1. The van der Waals surface area contributed by atoms with E-state index in [1.807, 2.05) is 42.5 Å². The van der Waals surface area contributed by atoms with Crippen LogP contribution in [0.15, 0.2) is 77.4 Å². The topological polar surface area (TPSA) is 80.3 Å². The summed E-state index contributed by atoms with van der Waals surface area (Å²) >= 11 is 3.32. The van der Waals surface area contributed by atoms with E-state index >= 15 is 0 Å². The Labute approximate surface area is 177 Å². The van der Waals surface area contributed by atoms with Gasteiger partial charge in [0, 0.05) is 28.3 Å². The van der Waals surface area contributed by atoms with E-state index in [2.05, 4.69) is 31.5 Å². The molecule has 1 aromatic heterocycles. The Morgan fingerprint density at radius 1 is 0.966 bits per heavy atom. The zero-order valence-electron chi connectivity index (χ0n) is 15.6. The Morgan fingerprint density at radius 3 is 2.59 bits per heavy atom. The van der Waals surface area contributed by atoms with Crippen molar-refractivity contribution in [1.82, 2.24) is 15.6 Å². The van der Waals surface area contributed by atoms with Gasteiger partial charge in [-0.25, -0.2) is 4.98 Å². The molecule has 0 bridgehead atoms. The first-order valence-corrected chi connectivity index (χ1v) is 9.82. The Kier molecular flexibility index (Phi) is 7.35. The van der Waals surface area contributed by atoms with Crippen molar-refractivity contribution in [3.8, 4) is 5.88 Å². The van der Waals surface area contributed by atoms with Crippen molar-refractivity contribution < 1.29 is 14.3 Å². The molecule has 0 aliphatic carbocycles. The average Bonchev–Trinajstić information content (AvgIpc) is 2.76. The van der Waals surface area contributed by atoms with Crippen LogP contribution < -0.4 is 15.4 Å². The minimum Gasteiger partial charge on any atom is -0.473 e. The van der Waals surface area contributed by atoms with E-state index in [4.69, 9.17) is 4.74 Å². The van der Waals surface area contributed by atoms with Crippen LogP contribution in [0, 0.1) is 0 Å². The van der Waals surface area contributed by atoms with Gasteiger partial charge in [0.15, 0.2) is 0 Å². The van der Waals surface area contributed by atoms with E-state index < -0.39 is 0 Å². The molecule has 3 aromatic rings. The second-order valence-electron chi connectivity index (χ2n) is 6.21. The highest BCUT2D eigenvalue weighted by Crippen LogP contribution is 2.16. The van der Waals surface area contributed by atoms with Gasteiger partial charge in [-0.15, -0.1) is 0 Å². The second-order valence-corrected chi connectivity index (χ2v) is 7.13. The van der Waals surface area contributed by atoms with Crippen LogP contribution in [0.25, 0.3) is 0 Å². The van der Waals surface area contributed by atoms with Gasteiger partial charge in [-0.1, -0.05) is 58.4 Å². The van der Waals surface area contributed by atoms with Gasteiger partial charge in [0.05, 0.1) is 6.54 Å². The average molecular weight is 454 g/mol. The van der Waals surface area contributed by atoms with Gasteiger partial charge in [-0.3, -0.25) is 9.59 Å². The van der Waals surface area contributed by atoms with Gasteiger partial charge in [0.25, 0.3) is 5.91 Å². The highest BCUT2D eigenvalue weighted by Gasteiger charge is 2.10. The second kappa shape index (κ2) is 10.4. The molecule has 0 unspecified atom stereocenters. The van der Waals surface area contributed by atoms with Crippen LogP contribution in [0.4, 0.5) is 0 Å². The fraction of sp³-hybridized carbons (Fsp3) is 0.136. The maximum absolute atomic E-state index is 12.1. The zero-order valence-corrected chi connectivity index (χ0v) is 17.2. The monoisotopic (exact) mass is 453 g/mol. The number of halogens is 1. The molecule has 2 N–H and O–H groups in total. The van der Waals surface area contributed by atoms with E-state index in [9.17, 15) is 9.59 Å². The molecular formula is C22H20BrN3O3. The number of hydrogen-bond donors (Lipinski definition) is 2. The molecule has 0 saturated heterocycles. The van der Waals surface area contributed by atoms with Gasteiger partial charge >= 0.3 is 0 Å². The number of pyridine rings is 1. The van der Waals surface area contributed by atoms with E-state index in [1.54, 1.807) is 30.5 Å². The number of nitrogens with zero attached hydrogens (tertiary/aromatic N) is 1. The van der Waals surface area contributed by atoms with E-state index in [-0.39, 0.29) is 24.9 Å². The molecule has 6 nitrogen and oxygen atoms in total. The van der Waals surface area contributed by atoms with Crippen molar-refractivity contribution in [1.29, 1.82) is 0 Å². The number of aromatic nitrogens is 1. The van der Waals surface area contributed by atoms with Crippen LogP contribution in [0.2, 0.25) is 0 Å². The quantitative estimate of drug-likeness (QED) is 0.547. The summed E-state index contributed by atoms with van der Waals surface area (Å²) in [5.74, 6) is -0.143. The van der Waals surface area contributed by atoms with Crippen molar-refractivity contribution in [2.75, 3.05) is 6.54 Å². The fourth-order valence-corrected chi connectivity index (χ4v) is 2.96. The normalized spacial score (nSPS) is 10.2. The van der Waals surface area contributed by atoms with Crippen LogP contribution in [-0.2, 0) is 17.9 Å². The smallest absolute Gasteiger partial charge is 0.251 e. The van der Waals surface area contributed by atoms with Crippen molar-refractivity contribution in [2.45, 2.75) is 13.2 Å². The lowest BCUT2D eigenvalue weighted by molar-refractivity contribution is -0.120. The van der Waals surface area contributed by atoms with Crippen LogP contribution in [0.3, 0.4) is 0 Å². The molecule has 0 aliphatic heterocycles. The molecule has 1 heterocycles. The largest absolute Gasteiger partial charge is 0.473 e. The third-order valence-corrected chi connectivity index (χ3v) is 4.53. The first kappa shape index (κ1) is 20.5. The highest BCUT2D eigenvalue weighted by molar-refractivity contribution is 9.10. The molecule has 0 radical (unpaired) electrons. The Bertz CT molecular complexity index is 980. The van der Waals surface area contributed by atoms with Gasteiger partial charge in [-0.2, -0.15) is 0 Å². The molecule has 0 aliphatic rings. The van der Waals surface area contributed by atoms with Crippen molar-refractivity contribution in [3.63, 3.8) is 0 Å². The van der Waals surface area contributed by atoms with Crippen LogP contribution >= 0.6 is 15.9 Å². The zero-order chi connectivity index (χ0) is 20.5. The summed E-state index contributed by atoms with van der Waals surface area (Å²) in [5, 5.41) is 5.38. The van der Waals surface area contributed by atoms with E-state index in [1.165, 1.54) is 0 Å². The van der Waals surface area contributed by atoms with Crippen molar-refractivity contribution in [2.24, 2.45) is 0 Å². The van der Waals surface area contributed by atoms with Crippen LogP contribution in [0.5, 0.6) is 5.88 Å². The number of nitrogens with one attached hydrogen (secondary N) is 2. The van der Waals surface area contributed by atoms with Gasteiger partial charge in [-0.05, 0) is 29.8 Å². The summed E-state index contributed by atoms with van der Waals surface area (Å²) in [4.78, 5) is 28.5. The summed E-state index contributed by atoms with van der Waals surface area (Å²) < 4.78 is 6.59. The number of rotatable bonds is 8. The number of benzene rings is 2. The van der Waals surface area contributed by atoms with Crippen LogP contribution in [-0.4, -0.2) is 23.3 Å². The van der Waals surface area contributed by atoms with Gasteiger partial charge in [0.1, 0.15) is 6.61 Å². The number of carbonyl (C=O) groups excluding carboxylic acids is 2. The Balaban J connectivity index is 1.49. The summed E-state index contributed by atoms with van der Waals surface area (Å²) in [7, 11) is 0. The molecule has 0 saturated carbocycles. The Hall–Kier alpha value is -3.19. The third kappa shape index (κ3) is 6.43. The molecule has 2 amide bonds. The van der Waals surface area contributed by atoms with Crippen molar-refractivity contribution in [3.05, 3.63) is 94.1 Å². The molecule has 2 aromatic carbocycles. The van der Waals surface area contributed by atoms with E-state index in [0.717, 1.165) is 15.6 Å². The minimum atomic E-state index is -0.310. The van der Waals surface area contributed by atoms with Crippen LogP contribution in [0.1, 0.15) is 21.5 Å². The number of ether oxygens (including phenoxy) is 1. The Morgan fingerprint density at radius 2 is 1.79 bits per heavy atom. The summed E-state index contributed by atoms with van der Waals surface area (Å²) in [6, 6.07) is 20.4. The summed E-state index contributed by atoms with van der Waals surface area (Å²) in [6.45, 7) is 0.525. The number of hydrogen-bond acceptors (Lipinski definition) is 4. The first-order valence-electron chi connectivity index (χ1n) is 9.03. The standard InChI is InChI=1S/C22H20BrN3O3/c23-19-10-4-8-17(12-19)21(28)26-14-20(27)25-13-18-9-5-11-24-22(18)29-15-16-6-2-1-3-7-16/h1-12H,13-15H2,(H,25,27)(H,26,28). The number of carbonyl (C=O) groups is 2. The highest BCUT2D eigenvalue weighted by atomic mass is 79.9. The minimum absolute atomic E-state index is 0.119. The molecule has 148 valence electrons. The van der Waals surface area contributed by atoms with Gasteiger partial charge < -0.3 is 15.4 Å². The van der Waals surface area contributed by atoms with Crippen molar-refractivity contribution >= 4 is 27.7 Å². The lowest BCUT2D eigenvalue weighted by atomic mass is 10.2. The molecule has 29 heavy (non-hydrogen) atoms. The molecular weight excluding hydrogens is 434 g/mol. The lowest BCUT2D eigenvalue weighted by Gasteiger charge is -2.11. The third-order valence-electron chi connectivity index (χ3n) is 4.04. The summed E-state index contributed by atoms with van der Waals surface area (Å²) in [6.07, 6.45) is 1.64. The SMILES string of the molecule is O=C(CNC(=O)c1cccc(Br)c1)NCc1cccnc1OCc1ccccc1. The summed E-state index contributed by atoms with van der Waals surface area (Å²) in [5.41, 5.74) is 2.27. The fourth-order valence-electron chi connectivity index (χ4n) is 2.56. The molecule has 0 spiro atoms. The molecule has 3 rings (SSSR count). The first-order chi connectivity index (χ1) is 14.1. The lowest BCUT2D eigenvalue weighted by Crippen LogP contribution is -2.36. The number of amides is 2. The maximum Gasteiger partial charge on any atom is 0.251 e.